The highest BCUT2D eigenvalue weighted by molar-refractivity contribution is 14.0. The molecule has 2 aromatic carbocycles. The van der Waals surface area contributed by atoms with Gasteiger partial charge in [-0.3, -0.25) is 0 Å². The third kappa shape index (κ3) is 6.94. The predicted molar refractivity (Wildman–Crippen MR) is 114 cm³/mol. The van der Waals surface area contributed by atoms with Crippen molar-refractivity contribution < 1.29 is 4.74 Å². The fourth-order valence-corrected chi connectivity index (χ4v) is 2.42. The van der Waals surface area contributed by atoms with Crippen LogP contribution >= 0.6 is 24.0 Å². The lowest BCUT2D eigenvalue weighted by molar-refractivity contribution is 0.328. The van der Waals surface area contributed by atoms with E-state index in [9.17, 15) is 0 Å². The van der Waals surface area contributed by atoms with E-state index in [0.29, 0.717) is 19.2 Å². The number of nitrogens with zero attached hydrogens (tertiary/aromatic N) is 1. The summed E-state index contributed by atoms with van der Waals surface area (Å²) in [5, 5.41) is 6.96. The van der Waals surface area contributed by atoms with Crippen LogP contribution < -0.4 is 15.4 Å². The van der Waals surface area contributed by atoms with Crippen LogP contribution in [0, 0.1) is 0 Å². The van der Waals surface area contributed by atoms with Crippen molar-refractivity contribution in [2.45, 2.75) is 31.8 Å². The summed E-state index contributed by atoms with van der Waals surface area (Å²) in [7, 11) is 0. The topological polar surface area (TPSA) is 45.7 Å². The molecule has 1 atom stereocenters. The lowest BCUT2D eigenvalue weighted by atomic mass is 10.1. The number of nitrogens with one attached hydrogen (secondary N) is 2. The van der Waals surface area contributed by atoms with E-state index in [0.717, 1.165) is 11.7 Å². The van der Waals surface area contributed by atoms with Crippen LogP contribution in [0.5, 0.6) is 5.75 Å². The zero-order valence-corrected chi connectivity index (χ0v) is 16.9. The van der Waals surface area contributed by atoms with Gasteiger partial charge in [0.2, 0.25) is 0 Å². The summed E-state index contributed by atoms with van der Waals surface area (Å²) in [4.78, 5) is 4.65. The van der Waals surface area contributed by atoms with Crippen molar-refractivity contribution in [2.75, 3.05) is 13.2 Å². The highest BCUT2D eigenvalue weighted by Crippen LogP contribution is 2.19. The number of ether oxygens (including phenoxy) is 1. The van der Waals surface area contributed by atoms with Crippen molar-refractivity contribution in [3.05, 3.63) is 66.2 Å². The molecule has 2 aromatic rings. The summed E-state index contributed by atoms with van der Waals surface area (Å²) in [5.41, 5.74) is 1.25. The molecule has 1 fully saturated rings. The number of aliphatic imine (C=N–C) groups is 1. The van der Waals surface area contributed by atoms with Gasteiger partial charge in [-0.05, 0) is 37.5 Å². The maximum Gasteiger partial charge on any atom is 0.192 e. The Morgan fingerprint density at radius 2 is 1.72 bits per heavy atom. The smallest absolute Gasteiger partial charge is 0.192 e. The summed E-state index contributed by atoms with van der Waals surface area (Å²) < 4.78 is 5.70. The van der Waals surface area contributed by atoms with Gasteiger partial charge in [-0.2, -0.15) is 0 Å². The average molecular weight is 451 g/mol. The maximum atomic E-state index is 5.70. The molecule has 3 rings (SSSR count). The van der Waals surface area contributed by atoms with Gasteiger partial charge in [0.05, 0.1) is 12.6 Å². The number of benzene rings is 2. The second-order valence-electron chi connectivity index (χ2n) is 6.09. The van der Waals surface area contributed by atoms with Gasteiger partial charge in [0.25, 0.3) is 0 Å². The quantitative estimate of drug-likeness (QED) is 0.288. The molecule has 1 saturated carbocycles. The first-order chi connectivity index (χ1) is 11.8. The van der Waals surface area contributed by atoms with Crippen molar-refractivity contribution in [2.24, 2.45) is 4.99 Å². The number of hydrogen-bond acceptors (Lipinski definition) is 2. The molecule has 0 aliphatic heterocycles. The molecule has 0 radical (unpaired) electrons. The van der Waals surface area contributed by atoms with Crippen LogP contribution in [-0.2, 0) is 0 Å². The summed E-state index contributed by atoms with van der Waals surface area (Å²) in [5.74, 6) is 1.75. The molecule has 4 nitrogen and oxygen atoms in total. The lowest BCUT2D eigenvalue weighted by Crippen LogP contribution is -2.40. The van der Waals surface area contributed by atoms with Crippen molar-refractivity contribution in [1.29, 1.82) is 0 Å². The van der Waals surface area contributed by atoms with E-state index < -0.39 is 0 Å². The lowest BCUT2D eigenvalue weighted by Gasteiger charge is -2.18. The highest BCUT2D eigenvalue weighted by atomic mass is 127. The van der Waals surface area contributed by atoms with Gasteiger partial charge < -0.3 is 15.4 Å². The Labute approximate surface area is 167 Å². The molecule has 0 saturated heterocycles. The summed E-state index contributed by atoms with van der Waals surface area (Å²) in [6.07, 6.45) is 2.45. The van der Waals surface area contributed by atoms with Crippen molar-refractivity contribution in [1.82, 2.24) is 10.6 Å². The Hall–Kier alpha value is -1.76. The Morgan fingerprint density at radius 1 is 1.08 bits per heavy atom. The summed E-state index contributed by atoms with van der Waals surface area (Å²) in [6.45, 7) is 3.35. The number of rotatable bonds is 7. The number of hydrogen-bond donors (Lipinski definition) is 2. The molecule has 0 spiro atoms. The summed E-state index contributed by atoms with van der Waals surface area (Å²) in [6, 6.07) is 21.1. The normalized spacial score (nSPS) is 15.0. The average Bonchev–Trinajstić information content (AvgIpc) is 3.44. The first kappa shape index (κ1) is 19.6. The SMILES string of the molecule is CC(NC(=NCCOc1ccccc1)NC1CC1)c1ccccc1.I. The van der Waals surface area contributed by atoms with E-state index in [1.807, 2.05) is 36.4 Å². The van der Waals surface area contributed by atoms with E-state index in [2.05, 4.69) is 46.8 Å². The van der Waals surface area contributed by atoms with Crippen LogP contribution in [0.2, 0.25) is 0 Å². The van der Waals surface area contributed by atoms with Gasteiger partial charge in [0, 0.05) is 6.04 Å². The van der Waals surface area contributed by atoms with Crippen LogP contribution in [0.25, 0.3) is 0 Å². The second-order valence-corrected chi connectivity index (χ2v) is 6.09. The molecule has 5 heteroatoms. The monoisotopic (exact) mass is 451 g/mol. The number of halogens is 1. The molecular formula is C20H26IN3O. The molecule has 25 heavy (non-hydrogen) atoms. The Morgan fingerprint density at radius 3 is 2.36 bits per heavy atom. The Bertz CT molecular complexity index is 645. The van der Waals surface area contributed by atoms with Crippen LogP contribution in [-0.4, -0.2) is 25.2 Å². The van der Waals surface area contributed by atoms with Gasteiger partial charge in [0.1, 0.15) is 12.4 Å². The Kier molecular flexibility index (Phi) is 8.04. The van der Waals surface area contributed by atoms with Gasteiger partial charge in [-0.1, -0.05) is 48.5 Å². The van der Waals surface area contributed by atoms with Crippen LogP contribution in [0.15, 0.2) is 65.7 Å². The Balaban J connectivity index is 0.00000225. The molecule has 134 valence electrons. The van der Waals surface area contributed by atoms with Crippen molar-refractivity contribution in [3.63, 3.8) is 0 Å². The minimum atomic E-state index is 0. The standard InChI is InChI=1S/C20H25N3O.HI/c1-16(17-8-4-2-5-9-17)22-20(23-18-12-13-18)21-14-15-24-19-10-6-3-7-11-19;/h2-11,16,18H,12-15H2,1H3,(H2,21,22,23);1H. The molecule has 1 aliphatic rings. The van der Waals surface area contributed by atoms with Crippen molar-refractivity contribution >= 4 is 29.9 Å². The fourth-order valence-electron chi connectivity index (χ4n) is 2.42. The number of para-hydroxylation sites is 1. The number of guanidine groups is 1. The zero-order chi connectivity index (χ0) is 16.6. The molecule has 0 heterocycles. The van der Waals surface area contributed by atoms with Gasteiger partial charge in [-0.25, -0.2) is 4.99 Å². The largest absolute Gasteiger partial charge is 0.492 e. The van der Waals surface area contributed by atoms with E-state index in [4.69, 9.17) is 4.74 Å². The molecule has 2 N–H and O–H groups in total. The molecule has 0 bridgehead atoms. The van der Waals surface area contributed by atoms with Crippen molar-refractivity contribution in [3.8, 4) is 5.75 Å². The predicted octanol–water partition coefficient (Wildman–Crippen LogP) is 4.14. The fraction of sp³-hybridized carbons (Fsp3) is 0.350. The first-order valence-electron chi connectivity index (χ1n) is 8.61. The molecule has 1 aliphatic carbocycles. The van der Waals surface area contributed by atoms with E-state index in [-0.39, 0.29) is 30.0 Å². The highest BCUT2D eigenvalue weighted by Gasteiger charge is 2.23. The van der Waals surface area contributed by atoms with Gasteiger partial charge >= 0.3 is 0 Å². The second kappa shape index (κ2) is 10.3. The maximum absolute atomic E-state index is 5.70. The first-order valence-corrected chi connectivity index (χ1v) is 8.61. The zero-order valence-electron chi connectivity index (χ0n) is 14.5. The third-order valence-electron chi connectivity index (χ3n) is 3.94. The molecular weight excluding hydrogens is 425 g/mol. The van der Waals surface area contributed by atoms with E-state index >= 15 is 0 Å². The van der Waals surface area contributed by atoms with Crippen LogP contribution in [0.1, 0.15) is 31.4 Å². The van der Waals surface area contributed by atoms with Crippen LogP contribution in [0.3, 0.4) is 0 Å². The minimum Gasteiger partial charge on any atom is -0.492 e. The summed E-state index contributed by atoms with van der Waals surface area (Å²) >= 11 is 0. The van der Waals surface area contributed by atoms with Gasteiger partial charge in [-0.15, -0.1) is 24.0 Å². The van der Waals surface area contributed by atoms with Gasteiger partial charge in [0.15, 0.2) is 5.96 Å². The minimum absolute atomic E-state index is 0. The third-order valence-corrected chi connectivity index (χ3v) is 3.94. The molecule has 0 amide bonds. The van der Waals surface area contributed by atoms with Crippen LogP contribution in [0.4, 0.5) is 0 Å². The molecule has 1 unspecified atom stereocenters. The molecule has 0 aromatic heterocycles. The van der Waals surface area contributed by atoms with E-state index in [1.54, 1.807) is 0 Å². The van der Waals surface area contributed by atoms with E-state index in [1.165, 1.54) is 18.4 Å².